The van der Waals surface area contributed by atoms with E-state index < -0.39 is 18.0 Å². The summed E-state index contributed by atoms with van der Waals surface area (Å²) in [7, 11) is 4.65. The topological polar surface area (TPSA) is 217 Å². The second-order valence-corrected chi connectivity index (χ2v) is 14.8. The molecule has 0 amide bonds. The van der Waals surface area contributed by atoms with Gasteiger partial charge in [-0.15, -0.1) is 0 Å². The first-order valence-electron chi connectivity index (χ1n) is 21.4. The Bertz CT molecular complexity index is 1980. The monoisotopic (exact) mass is 929 g/mol. The molecule has 2 aliphatic rings. The van der Waals surface area contributed by atoms with Gasteiger partial charge < -0.3 is 52.9 Å². The number of carbonyl (C=O) groups is 7. The van der Waals surface area contributed by atoms with Gasteiger partial charge in [-0.3, -0.25) is 14.4 Å². The Balaban J connectivity index is 0.000000449. The van der Waals surface area contributed by atoms with Gasteiger partial charge in [0.2, 0.25) is 0 Å². The van der Waals surface area contributed by atoms with E-state index in [1.165, 1.54) is 57.4 Å². The number of ether oxygens (including phenoxy) is 8. The highest BCUT2D eigenvalue weighted by molar-refractivity contribution is 5.84. The fourth-order valence-corrected chi connectivity index (χ4v) is 6.18. The lowest BCUT2D eigenvalue weighted by molar-refractivity contribution is -0.147. The lowest BCUT2D eigenvalue weighted by atomic mass is 9.83. The van der Waals surface area contributed by atoms with E-state index in [1.54, 1.807) is 49.6 Å². The number of hydrogen-bond donors (Lipinski definition) is 1. The summed E-state index contributed by atoms with van der Waals surface area (Å²) in [6.45, 7) is 12.8. The highest BCUT2D eigenvalue weighted by Crippen LogP contribution is 2.30. The molecule has 0 radical (unpaired) electrons. The molecule has 5 rings (SSSR count). The maximum Gasteiger partial charge on any atom is 0.335 e. The smallest absolute Gasteiger partial charge is 0.335 e. The molecule has 1 atom stereocenters. The number of carbonyl (C=O) groups excluding carboxylic acids is 7. The zero-order chi connectivity index (χ0) is 49.8. The first-order chi connectivity index (χ1) is 32.4. The van der Waals surface area contributed by atoms with Crippen LogP contribution in [0.5, 0.6) is 34.5 Å². The number of hydrogen-bond acceptors (Lipinski definition) is 16. The quantitative estimate of drug-likeness (QED) is 0.0395. The van der Waals surface area contributed by atoms with Gasteiger partial charge in [0.1, 0.15) is 60.0 Å². The molecule has 16 nitrogen and oxygen atoms in total. The second-order valence-electron chi connectivity index (χ2n) is 14.8. The number of esters is 3. The third-order valence-corrected chi connectivity index (χ3v) is 9.91. The summed E-state index contributed by atoms with van der Waals surface area (Å²) in [6, 6.07) is 18.1. The minimum atomic E-state index is -0.533. The van der Waals surface area contributed by atoms with Crippen molar-refractivity contribution in [3.63, 3.8) is 0 Å². The van der Waals surface area contributed by atoms with Crippen LogP contribution in [0.15, 0.2) is 105 Å². The van der Waals surface area contributed by atoms with E-state index in [1.807, 2.05) is 0 Å². The Hall–Kier alpha value is -7.20. The summed E-state index contributed by atoms with van der Waals surface area (Å²) >= 11 is 0. The molecule has 0 aliphatic heterocycles. The zero-order valence-electron chi connectivity index (χ0n) is 38.7. The van der Waals surface area contributed by atoms with E-state index in [-0.39, 0.29) is 31.0 Å². The molecule has 362 valence electrons. The number of methoxy groups -OCH3 is 3. The predicted molar refractivity (Wildman–Crippen MR) is 251 cm³/mol. The van der Waals surface area contributed by atoms with Crippen LogP contribution >= 0.6 is 0 Å². The first-order valence-corrected chi connectivity index (χ1v) is 21.4. The van der Waals surface area contributed by atoms with Crippen LogP contribution in [-0.2, 0) is 43.0 Å². The van der Waals surface area contributed by atoms with Crippen LogP contribution < -0.4 is 28.4 Å². The van der Waals surface area contributed by atoms with Gasteiger partial charge in [-0.1, -0.05) is 39.5 Å². The van der Waals surface area contributed by atoms with Gasteiger partial charge in [-0.2, -0.15) is 0 Å². The Morgan fingerprint density at radius 3 is 1.66 bits per heavy atom. The van der Waals surface area contributed by atoms with E-state index in [9.17, 15) is 28.8 Å². The Kier molecular flexibility index (Phi) is 30.3. The highest BCUT2D eigenvalue weighted by atomic mass is 16.6. The number of nitrogens with one attached hydrogen (secondary N) is 1. The third kappa shape index (κ3) is 24.6. The normalized spacial score (nSPS) is 17.0. The number of rotatable bonds is 19. The van der Waals surface area contributed by atoms with Crippen LogP contribution in [-0.4, -0.2) is 90.1 Å². The van der Waals surface area contributed by atoms with E-state index in [0.29, 0.717) is 65.8 Å². The van der Waals surface area contributed by atoms with Crippen LogP contribution in [0, 0.1) is 29.1 Å². The van der Waals surface area contributed by atoms with Crippen molar-refractivity contribution in [2.45, 2.75) is 64.4 Å². The van der Waals surface area contributed by atoms with Crippen molar-refractivity contribution >= 4 is 49.5 Å². The Labute approximate surface area is 392 Å². The van der Waals surface area contributed by atoms with Crippen molar-refractivity contribution in [1.82, 2.24) is 0 Å². The zero-order valence-corrected chi connectivity index (χ0v) is 38.7. The molecular weight excluding hydrogens is 867 g/mol. The van der Waals surface area contributed by atoms with E-state index in [2.05, 4.69) is 31.4 Å². The van der Waals surface area contributed by atoms with E-state index in [4.69, 9.17) is 43.4 Å². The largest absolute Gasteiger partial charge is 0.497 e. The highest BCUT2D eigenvalue weighted by Gasteiger charge is 2.27. The molecule has 0 bridgehead atoms. The van der Waals surface area contributed by atoms with Gasteiger partial charge >= 0.3 is 17.9 Å². The van der Waals surface area contributed by atoms with Crippen molar-refractivity contribution in [3.8, 4) is 34.5 Å². The van der Waals surface area contributed by atoms with Crippen LogP contribution in [0.1, 0.15) is 63.9 Å². The molecule has 2 aliphatic carbocycles. The van der Waals surface area contributed by atoms with E-state index >= 15 is 0 Å². The van der Waals surface area contributed by atoms with Gasteiger partial charge in [0.15, 0.2) is 6.10 Å². The number of aldehydes is 3. The molecule has 3 aromatic carbocycles. The summed E-state index contributed by atoms with van der Waals surface area (Å²) in [6.07, 6.45) is 14.4. The third-order valence-electron chi connectivity index (χ3n) is 9.91. The molecule has 2 fully saturated rings. The fourth-order valence-electron chi connectivity index (χ4n) is 6.18. The molecule has 0 aromatic heterocycles. The number of benzene rings is 3. The summed E-state index contributed by atoms with van der Waals surface area (Å²) < 4.78 is 40.4. The van der Waals surface area contributed by atoms with Crippen LogP contribution in [0.2, 0.25) is 0 Å². The van der Waals surface area contributed by atoms with Crippen LogP contribution in [0.3, 0.4) is 0 Å². The average Bonchev–Trinajstić information content (AvgIpc) is 3.37. The van der Waals surface area contributed by atoms with Gasteiger partial charge in [0.05, 0.1) is 26.7 Å². The lowest BCUT2D eigenvalue weighted by Gasteiger charge is -2.23. The Morgan fingerprint density at radius 2 is 1.18 bits per heavy atom. The molecule has 0 heterocycles. The van der Waals surface area contributed by atoms with Gasteiger partial charge in [-0.25, -0.2) is 9.59 Å². The lowest BCUT2D eigenvalue weighted by Crippen LogP contribution is -2.28. The predicted octanol–water partition coefficient (Wildman–Crippen LogP) is 8.12. The van der Waals surface area contributed by atoms with Crippen molar-refractivity contribution in [3.05, 3.63) is 110 Å². The van der Waals surface area contributed by atoms with Crippen molar-refractivity contribution in [2.75, 3.05) is 34.5 Å². The van der Waals surface area contributed by atoms with Gasteiger partial charge in [0.25, 0.3) is 6.47 Å². The number of allylic oxidation sites excluding steroid dienone is 1. The summed E-state index contributed by atoms with van der Waals surface area (Å²) in [5.41, 5.74) is 0.562. The van der Waals surface area contributed by atoms with Crippen molar-refractivity contribution < 1.29 is 71.5 Å². The van der Waals surface area contributed by atoms with E-state index in [0.717, 1.165) is 68.3 Å². The summed E-state index contributed by atoms with van der Waals surface area (Å²) in [4.78, 5) is 74.0. The standard InChI is InChI=1S/C16H19NO4.C14H18O5.C10H8O4.C8H14O.C3H4O/c1-20-15-7-6-14(8-13(15)9-17)21-16(19)12-4-2-11(10-18)3-5-12;1-4-14(15)19-13(9-16-2)10-18-12-7-5-11(17-3)6-8-12;1-2-10(12)14-9-5-3-8(4-6-9)13-7-11;1-7-2-4-8(6-9)5-3-7;1-2-3-4/h6-12,17H,2-5H2,1H3;4-8,13H,1,9-10H2,2-3H3;2-7H,1H2;6-8H,2-5H2,1H3;2-3H,1H2. The molecule has 2 saturated carbocycles. The summed E-state index contributed by atoms with van der Waals surface area (Å²) in [5.74, 6) is 3.04. The molecule has 1 N–H and O–H groups in total. The molecular formula is C51H63NO15. The minimum absolute atomic E-state index is 0.0829. The molecule has 0 spiro atoms. The first kappa shape index (κ1) is 57.8. The summed E-state index contributed by atoms with van der Waals surface area (Å²) in [5, 5.41) is 7.33. The molecule has 16 heteroatoms. The van der Waals surface area contributed by atoms with Gasteiger partial charge in [-0.05, 0) is 117 Å². The maximum absolute atomic E-state index is 12.1. The molecule has 1 unspecified atom stereocenters. The van der Waals surface area contributed by atoms with Crippen LogP contribution in [0.4, 0.5) is 0 Å². The SMILES string of the molecule is C=CC(=O)OC(COC)COc1ccc(OC)cc1.C=CC(=O)Oc1ccc(OC=O)cc1.C=CC=O.CC1CCC(C=O)CC1.COc1ccc(OC(=O)C2CCC(C=O)CC2)cc1C=N. The Morgan fingerprint density at radius 1 is 0.657 bits per heavy atom. The minimum Gasteiger partial charge on any atom is -0.497 e. The van der Waals surface area contributed by atoms with Crippen molar-refractivity contribution in [1.29, 1.82) is 5.41 Å². The molecule has 0 saturated heterocycles. The maximum atomic E-state index is 12.1. The average molecular weight is 930 g/mol. The fraction of sp³-hybridized carbons (Fsp3) is 0.373. The van der Waals surface area contributed by atoms with Crippen LogP contribution in [0.25, 0.3) is 0 Å². The second kappa shape index (κ2) is 35.1. The van der Waals surface area contributed by atoms with Crippen molar-refractivity contribution in [2.24, 2.45) is 23.7 Å². The van der Waals surface area contributed by atoms with Gasteiger partial charge in [0, 0.05) is 42.9 Å². The molecule has 67 heavy (non-hydrogen) atoms. The molecule has 3 aromatic rings.